The van der Waals surface area contributed by atoms with Gasteiger partial charge in [0.2, 0.25) is 0 Å². The molecule has 2 atom stereocenters. The molecule has 1 aliphatic heterocycles. The van der Waals surface area contributed by atoms with Crippen LogP contribution in [-0.4, -0.2) is 51.2 Å². The summed E-state index contributed by atoms with van der Waals surface area (Å²) < 4.78 is 6.01. The van der Waals surface area contributed by atoms with E-state index in [0.29, 0.717) is 35.5 Å². The van der Waals surface area contributed by atoms with Crippen molar-refractivity contribution in [1.29, 1.82) is 0 Å². The number of benzene rings is 2. The minimum absolute atomic E-state index is 0.0186. The predicted octanol–water partition coefficient (Wildman–Crippen LogP) is 2.70. The van der Waals surface area contributed by atoms with E-state index in [1.807, 2.05) is 24.3 Å². The Balaban J connectivity index is 1.46. The van der Waals surface area contributed by atoms with Crippen LogP contribution in [-0.2, 0) is 0 Å². The molecule has 0 spiro atoms. The maximum Gasteiger partial charge on any atom is 0.289 e. The minimum atomic E-state index is -0.836. The van der Waals surface area contributed by atoms with Crippen LogP contribution < -0.4 is 10.3 Å². The summed E-state index contributed by atoms with van der Waals surface area (Å²) in [7, 11) is 0. The summed E-state index contributed by atoms with van der Waals surface area (Å²) in [4.78, 5) is 33.5. The molecule has 0 unspecified atom stereocenters. The zero-order valence-corrected chi connectivity index (χ0v) is 17.0. The second-order valence-electron chi connectivity index (χ2n) is 7.92. The number of piperidine rings is 1. The summed E-state index contributed by atoms with van der Waals surface area (Å²) in [6.07, 6.45) is -0.756. The number of fused-ring (bicyclic) bond motifs is 1. The number of aromatic amines is 1. The first kappa shape index (κ1) is 20.1. The summed E-state index contributed by atoms with van der Waals surface area (Å²) >= 11 is 0. The average molecular weight is 407 g/mol. The number of hydrogen-bond donors (Lipinski definition) is 2. The Bertz CT molecular complexity index is 1120. The van der Waals surface area contributed by atoms with Crippen LogP contribution >= 0.6 is 0 Å². The van der Waals surface area contributed by atoms with Crippen molar-refractivity contribution in [3.63, 3.8) is 0 Å². The lowest BCUT2D eigenvalue weighted by Crippen LogP contribution is -2.51. The third-order valence-corrected chi connectivity index (χ3v) is 5.44. The van der Waals surface area contributed by atoms with Gasteiger partial charge in [-0.25, -0.2) is 4.98 Å². The number of amides is 1. The molecular formula is C23H25N3O4. The van der Waals surface area contributed by atoms with Gasteiger partial charge in [-0.1, -0.05) is 38.1 Å². The second-order valence-corrected chi connectivity index (χ2v) is 7.92. The third-order valence-electron chi connectivity index (χ3n) is 5.44. The molecular weight excluding hydrogens is 382 g/mol. The number of rotatable bonds is 4. The van der Waals surface area contributed by atoms with E-state index in [4.69, 9.17) is 4.74 Å². The summed E-state index contributed by atoms with van der Waals surface area (Å²) in [5.41, 5.74) is 1.28. The van der Waals surface area contributed by atoms with Gasteiger partial charge in [0, 0.05) is 13.0 Å². The van der Waals surface area contributed by atoms with Gasteiger partial charge in [0.1, 0.15) is 18.0 Å². The number of β-amino-alcohol motifs (C(OH)–C–C–N with tert-alkyl or cyclic N) is 1. The lowest BCUT2D eigenvalue weighted by Gasteiger charge is -2.35. The van der Waals surface area contributed by atoms with Gasteiger partial charge in [-0.15, -0.1) is 0 Å². The fourth-order valence-electron chi connectivity index (χ4n) is 3.69. The number of aliphatic hydroxyl groups is 1. The molecule has 0 radical (unpaired) electrons. The molecule has 1 amide bonds. The van der Waals surface area contributed by atoms with E-state index >= 15 is 0 Å². The fraction of sp³-hybridized carbons (Fsp3) is 0.348. The van der Waals surface area contributed by atoms with Crippen LogP contribution in [0.5, 0.6) is 5.75 Å². The number of ether oxygens (including phenoxy) is 1. The van der Waals surface area contributed by atoms with Crippen molar-refractivity contribution in [3.05, 3.63) is 70.3 Å². The third kappa shape index (κ3) is 4.07. The number of hydrogen-bond acceptors (Lipinski definition) is 5. The molecule has 1 aliphatic rings. The van der Waals surface area contributed by atoms with Gasteiger partial charge in [0.05, 0.1) is 17.4 Å². The van der Waals surface area contributed by atoms with Crippen molar-refractivity contribution in [2.75, 3.05) is 13.1 Å². The highest BCUT2D eigenvalue weighted by molar-refractivity contribution is 5.92. The van der Waals surface area contributed by atoms with E-state index in [1.54, 1.807) is 24.3 Å². The van der Waals surface area contributed by atoms with Gasteiger partial charge in [0.25, 0.3) is 11.5 Å². The Labute approximate surface area is 174 Å². The van der Waals surface area contributed by atoms with E-state index in [0.717, 1.165) is 0 Å². The van der Waals surface area contributed by atoms with E-state index in [-0.39, 0.29) is 17.9 Å². The van der Waals surface area contributed by atoms with Gasteiger partial charge in [-0.2, -0.15) is 0 Å². The fourth-order valence-corrected chi connectivity index (χ4v) is 3.69. The number of nitrogens with zero attached hydrogens (tertiary/aromatic N) is 2. The normalized spacial score (nSPS) is 19.3. The maximum absolute atomic E-state index is 12.9. The van der Waals surface area contributed by atoms with Crippen LogP contribution in [0.1, 0.15) is 42.4 Å². The van der Waals surface area contributed by atoms with E-state index < -0.39 is 18.1 Å². The smallest absolute Gasteiger partial charge is 0.289 e. The van der Waals surface area contributed by atoms with Gasteiger partial charge in [-0.3, -0.25) is 9.59 Å². The molecule has 0 bridgehead atoms. The van der Waals surface area contributed by atoms with Crippen molar-refractivity contribution in [3.8, 4) is 5.75 Å². The Hall–Kier alpha value is -3.19. The lowest BCUT2D eigenvalue weighted by atomic mass is 10.0. The van der Waals surface area contributed by atoms with Crippen LogP contribution in [0.3, 0.4) is 0 Å². The number of carbonyl (C=O) groups is 1. The van der Waals surface area contributed by atoms with Crippen LogP contribution in [0.4, 0.5) is 0 Å². The molecule has 1 aromatic heterocycles. The molecule has 156 valence electrons. The summed E-state index contributed by atoms with van der Waals surface area (Å²) in [5, 5.41) is 11.0. The van der Waals surface area contributed by atoms with Crippen molar-refractivity contribution in [2.45, 2.75) is 38.4 Å². The Morgan fingerprint density at radius 3 is 2.80 bits per heavy atom. The first-order valence-corrected chi connectivity index (χ1v) is 10.2. The predicted molar refractivity (Wildman–Crippen MR) is 114 cm³/mol. The molecule has 1 saturated heterocycles. The van der Waals surface area contributed by atoms with E-state index in [1.165, 1.54) is 10.5 Å². The number of nitrogens with one attached hydrogen (secondary N) is 1. The molecule has 0 saturated carbocycles. The Morgan fingerprint density at radius 1 is 1.23 bits per heavy atom. The molecule has 0 aliphatic carbocycles. The minimum Gasteiger partial charge on any atom is -0.488 e. The number of H-pyrrole nitrogens is 1. The zero-order valence-electron chi connectivity index (χ0n) is 17.0. The van der Waals surface area contributed by atoms with Crippen molar-refractivity contribution >= 4 is 16.8 Å². The number of likely N-dealkylation sites (tertiary alicyclic amines) is 1. The van der Waals surface area contributed by atoms with Crippen molar-refractivity contribution in [2.24, 2.45) is 0 Å². The monoisotopic (exact) mass is 407 g/mol. The Kier molecular flexibility index (Phi) is 5.55. The second kappa shape index (κ2) is 8.28. The summed E-state index contributed by atoms with van der Waals surface area (Å²) in [6.45, 7) is 4.75. The topological polar surface area (TPSA) is 95.5 Å². The number of aromatic nitrogens is 2. The average Bonchev–Trinajstić information content (AvgIpc) is 2.75. The van der Waals surface area contributed by atoms with Gasteiger partial charge in [0.15, 0.2) is 5.82 Å². The van der Waals surface area contributed by atoms with Gasteiger partial charge in [-0.05, 0) is 35.7 Å². The van der Waals surface area contributed by atoms with E-state index in [9.17, 15) is 14.7 Å². The first-order valence-electron chi connectivity index (χ1n) is 10.2. The largest absolute Gasteiger partial charge is 0.488 e. The summed E-state index contributed by atoms with van der Waals surface area (Å²) in [6, 6.07) is 14.7. The van der Waals surface area contributed by atoms with Gasteiger partial charge < -0.3 is 19.7 Å². The van der Waals surface area contributed by atoms with Crippen molar-refractivity contribution < 1.29 is 14.6 Å². The SMILES string of the molecule is CC(C)c1cccc(O[C@@H]2CCN(C(=O)c3nc4ccccc4c(=O)[nH]3)C[C@H]2O)c1. The standard InChI is InChI=1S/C23H25N3O4/c1-14(2)15-6-5-7-16(12-15)30-20-10-11-26(13-19(20)27)23(29)21-24-18-9-4-3-8-17(18)22(28)25-21/h3-9,12,14,19-20,27H,10-11,13H2,1-2H3,(H,24,25,28)/t19-,20-/m1/s1. The number of aliphatic hydroxyl groups excluding tert-OH is 1. The van der Waals surface area contributed by atoms with Crippen LogP contribution in [0.15, 0.2) is 53.3 Å². The van der Waals surface area contributed by atoms with Gasteiger partial charge >= 0.3 is 0 Å². The molecule has 2 aromatic carbocycles. The summed E-state index contributed by atoms with van der Waals surface area (Å²) in [5.74, 6) is 0.673. The number of para-hydroxylation sites is 1. The van der Waals surface area contributed by atoms with Crippen molar-refractivity contribution in [1.82, 2.24) is 14.9 Å². The number of carbonyl (C=O) groups excluding carboxylic acids is 1. The highest BCUT2D eigenvalue weighted by atomic mass is 16.5. The van der Waals surface area contributed by atoms with Crippen LogP contribution in [0, 0.1) is 0 Å². The molecule has 30 heavy (non-hydrogen) atoms. The zero-order chi connectivity index (χ0) is 21.3. The first-order chi connectivity index (χ1) is 14.4. The quantitative estimate of drug-likeness (QED) is 0.693. The molecule has 3 aromatic rings. The maximum atomic E-state index is 12.9. The van der Waals surface area contributed by atoms with Crippen LogP contribution in [0.25, 0.3) is 10.9 Å². The molecule has 7 heteroatoms. The highest BCUT2D eigenvalue weighted by Crippen LogP contribution is 2.24. The van der Waals surface area contributed by atoms with E-state index in [2.05, 4.69) is 23.8 Å². The van der Waals surface area contributed by atoms with Crippen LogP contribution in [0.2, 0.25) is 0 Å². The molecule has 2 heterocycles. The molecule has 1 fully saturated rings. The Morgan fingerprint density at radius 2 is 2.03 bits per heavy atom. The molecule has 7 nitrogen and oxygen atoms in total. The molecule has 4 rings (SSSR count). The molecule has 2 N–H and O–H groups in total. The highest BCUT2D eigenvalue weighted by Gasteiger charge is 2.33. The lowest BCUT2D eigenvalue weighted by molar-refractivity contribution is -0.0202.